The molecule has 7 heteroatoms. The zero-order valence-electron chi connectivity index (χ0n) is 17.1. The molecule has 3 rings (SSSR count). The lowest BCUT2D eigenvalue weighted by molar-refractivity contribution is -0.136. The number of guanidine groups is 1. The average Bonchev–Trinajstić information content (AvgIpc) is 3.32. The number of rotatable bonds is 7. The number of aliphatic imine (C=N–C) groups is 1. The van der Waals surface area contributed by atoms with Crippen LogP contribution in [-0.2, 0) is 9.53 Å². The van der Waals surface area contributed by atoms with E-state index < -0.39 is 0 Å². The standard InChI is InChI=1S/C22H30N4O2S/c1-17(20-9-6-14-29-20)15-24-22(23-2)25-16-19(18-7-4-3-5-8-18)21(27)26-10-12-28-13-11-26/h3-9,14,17,19H,10-13,15-16H2,1-2H3,(H2,23,24,25). The number of hydrogen-bond acceptors (Lipinski definition) is 4. The maximum absolute atomic E-state index is 13.2. The molecular formula is C22H30N4O2S. The summed E-state index contributed by atoms with van der Waals surface area (Å²) in [6, 6.07) is 14.2. The van der Waals surface area contributed by atoms with Crippen molar-refractivity contribution in [1.82, 2.24) is 15.5 Å². The Morgan fingerprint density at radius 2 is 1.86 bits per heavy atom. The lowest BCUT2D eigenvalue weighted by atomic mass is 9.97. The van der Waals surface area contributed by atoms with Crippen LogP contribution >= 0.6 is 11.3 Å². The second kappa shape index (κ2) is 11.0. The van der Waals surface area contributed by atoms with Crippen LogP contribution in [0.4, 0.5) is 0 Å². The van der Waals surface area contributed by atoms with Crippen LogP contribution < -0.4 is 10.6 Å². The van der Waals surface area contributed by atoms with Crippen LogP contribution in [-0.4, -0.2) is 63.2 Å². The molecule has 29 heavy (non-hydrogen) atoms. The van der Waals surface area contributed by atoms with Gasteiger partial charge in [-0.05, 0) is 17.0 Å². The van der Waals surface area contributed by atoms with Gasteiger partial charge >= 0.3 is 0 Å². The van der Waals surface area contributed by atoms with Gasteiger partial charge < -0.3 is 20.3 Å². The molecule has 1 aromatic heterocycles. The summed E-state index contributed by atoms with van der Waals surface area (Å²) in [5, 5.41) is 8.83. The van der Waals surface area contributed by atoms with Crippen LogP contribution in [0.1, 0.15) is 29.2 Å². The summed E-state index contributed by atoms with van der Waals surface area (Å²) in [6.07, 6.45) is 0. The molecule has 2 atom stereocenters. The fraction of sp³-hybridized carbons (Fsp3) is 0.455. The molecule has 2 aromatic rings. The van der Waals surface area contributed by atoms with Gasteiger partial charge in [-0.15, -0.1) is 11.3 Å². The summed E-state index contributed by atoms with van der Waals surface area (Å²) >= 11 is 1.76. The zero-order valence-corrected chi connectivity index (χ0v) is 18.0. The molecule has 156 valence electrons. The summed E-state index contributed by atoms with van der Waals surface area (Å²) in [5.41, 5.74) is 1.01. The highest BCUT2D eigenvalue weighted by atomic mass is 32.1. The third-order valence-electron chi connectivity index (χ3n) is 5.12. The Morgan fingerprint density at radius 3 is 2.52 bits per heavy atom. The van der Waals surface area contributed by atoms with Crippen molar-refractivity contribution in [2.75, 3.05) is 46.4 Å². The Labute approximate surface area is 177 Å². The average molecular weight is 415 g/mol. The van der Waals surface area contributed by atoms with E-state index in [-0.39, 0.29) is 11.8 Å². The number of morpholine rings is 1. The monoisotopic (exact) mass is 414 g/mol. The van der Waals surface area contributed by atoms with Crippen molar-refractivity contribution < 1.29 is 9.53 Å². The Hall–Kier alpha value is -2.38. The number of carbonyl (C=O) groups is 1. The van der Waals surface area contributed by atoms with E-state index in [9.17, 15) is 4.79 Å². The predicted molar refractivity (Wildman–Crippen MR) is 119 cm³/mol. The summed E-state index contributed by atoms with van der Waals surface area (Å²) in [7, 11) is 1.76. The van der Waals surface area contributed by atoms with Crippen molar-refractivity contribution in [3.05, 3.63) is 58.3 Å². The van der Waals surface area contributed by atoms with Crippen LogP contribution in [0, 0.1) is 0 Å². The second-order valence-electron chi connectivity index (χ2n) is 7.15. The molecule has 2 unspecified atom stereocenters. The van der Waals surface area contributed by atoms with Crippen molar-refractivity contribution in [1.29, 1.82) is 0 Å². The Kier molecular flexibility index (Phi) is 8.07. The van der Waals surface area contributed by atoms with Crippen molar-refractivity contribution in [2.45, 2.75) is 18.8 Å². The molecule has 6 nitrogen and oxygen atoms in total. The van der Waals surface area contributed by atoms with Gasteiger partial charge in [0.05, 0.1) is 19.1 Å². The highest BCUT2D eigenvalue weighted by Gasteiger charge is 2.27. The van der Waals surface area contributed by atoms with Crippen molar-refractivity contribution >= 4 is 23.2 Å². The first-order chi connectivity index (χ1) is 14.2. The molecule has 1 saturated heterocycles. The van der Waals surface area contributed by atoms with Crippen molar-refractivity contribution in [2.24, 2.45) is 4.99 Å². The maximum atomic E-state index is 13.2. The first-order valence-electron chi connectivity index (χ1n) is 10.1. The number of nitrogens with zero attached hydrogens (tertiary/aromatic N) is 2. The van der Waals surface area contributed by atoms with Gasteiger partial charge in [-0.2, -0.15) is 0 Å². The van der Waals surface area contributed by atoms with Crippen molar-refractivity contribution in [3.8, 4) is 0 Å². The number of carbonyl (C=O) groups excluding carboxylic acids is 1. The van der Waals surface area contributed by atoms with Crippen LogP contribution in [0.5, 0.6) is 0 Å². The summed E-state index contributed by atoms with van der Waals surface area (Å²) in [4.78, 5) is 20.8. The third kappa shape index (κ3) is 6.05. The van der Waals surface area contributed by atoms with E-state index in [0.717, 1.165) is 12.1 Å². The number of amides is 1. The third-order valence-corrected chi connectivity index (χ3v) is 6.23. The molecule has 1 aliphatic rings. The largest absolute Gasteiger partial charge is 0.378 e. The van der Waals surface area contributed by atoms with E-state index in [0.29, 0.717) is 44.7 Å². The van der Waals surface area contributed by atoms with Crippen LogP contribution in [0.2, 0.25) is 0 Å². The molecule has 0 spiro atoms. The van der Waals surface area contributed by atoms with Gasteiger partial charge in [0.15, 0.2) is 5.96 Å². The van der Waals surface area contributed by atoms with Gasteiger partial charge in [0.2, 0.25) is 5.91 Å². The number of nitrogens with one attached hydrogen (secondary N) is 2. The van der Waals surface area contributed by atoms with Gasteiger partial charge in [-0.1, -0.05) is 43.3 Å². The maximum Gasteiger partial charge on any atom is 0.232 e. The normalized spacial score (nSPS) is 16.9. The minimum atomic E-state index is -0.262. The molecule has 1 aliphatic heterocycles. The molecule has 2 N–H and O–H groups in total. The minimum Gasteiger partial charge on any atom is -0.378 e. The van der Waals surface area contributed by atoms with Crippen molar-refractivity contribution in [3.63, 3.8) is 0 Å². The van der Waals surface area contributed by atoms with Gasteiger partial charge in [0.1, 0.15) is 0 Å². The number of benzene rings is 1. The Balaban J connectivity index is 1.61. The van der Waals surface area contributed by atoms with E-state index in [4.69, 9.17) is 4.74 Å². The summed E-state index contributed by atoms with van der Waals surface area (Å²) in [6.45, 7) is 5.97. The fourth-order valence-electron chi connectivity index (χ4n) is 3.38. The number of hydrogen-bond donors (Lipinski definition) is 2. The summed E-state index contributed by atoms with van der Waals surface area (Å²) in [5.74, 6) is 0.981. The molecule has 0 bridgehead atoms. The van der Waals surface area contributed by atoms with E-state index in [2.05, 4.69) is 40.1 Å². The van der Waals surface area contributed by atoms with Crippen LogP contribution in [0.15, 0.2) is 52.8 Å². The Morgan fingerprint density at radius 1 is 1.14 bits per heavy atom. The lowest BCUT2D eigenvalue weighted by Gasteiger charge is -2.31. The Bertz CT molecular complexity index is 773. The first kappa shape index (κ1) is 21.3. The van der Waals surface area contributed by atoms with E-state index in [1.54, 1.807) is 18.4 Å². The van der Waals surface area contributed by atoms with E-state index >= 15 is 0 Å². The van der Waals surface area contributed by atoms with E-state index in [1.165, 1.54) is 4.88 Å². The van der Waals surface area contributed by atoms with Gasteiger partial charge in [0.25, 0.3) is 0 Å². The minimum absolute atomic E-state index is 0.134. The molecule has 0 radical (unpaired) electrons. The van der Waals surface area contributed by atoms with Gasteiger partial charge in [-0.3, -0.25) is 9.79 Å². The number of thiophene rings is 1. The van der Waals surface area contributed by atoms with E-state index in [1.807, 2.05) is 35.2 Å². The topological polar surface area (TPSA) is 66.0 Å². The molecule has 1 fully saturated rings. The quantitative estimate of drug-likeness (QED) is 0.540. The molecule has 0 saturated carbocycles. The summed E-state index contributed by atoms with van der Waals surface area (Å²) < 4.78 is 5.40. The second-order valence-corrected chi connectivity index (χ2v) is 8.13. The molecule has 1 aromatic carbocycles. The number of ether oxygens (including phenoxy) is 1. The molecule has 0 aliphatic carbocycles. The smallest absolute Gasteiger partial charge is 0.232 e. The predicted octanol–water partition coefficient (Wildman–Crippen LogP) is 2.66. The van der Waals surface area contributed by atoms with Gasteiger partial charge in [-0.25, -0.2) is 0 Å². The van der Waals surface area contributed by atoms with Crippen LogP contribution in [0.3, 0.4) is 0 Å². The zero-order chi connectivity index (χ0) is 20.5. The lowest BCUT2D eigenvalue weighted by Crippen LogP contribution is -2.47. The highest BCUT2D eigenvalue weighted by molar-refractivity contribution is 7.10. The SMILES string of the molecule is CN=C(NCC(C)c1cccs1)NCC(C(=O)N1CCOCC1)c1ccccc1. The van der Waals surface area contributed by atoms with Crippen LogP contribution in [0.25, 0.3) is 0 Å². The first-order valence-corrected chi connectivity index (χ1v) is 11.0. The highest BCUT2D eigenvalue weighted by Crippen LogP contribution is 2.20. The van der Waals surface area contributed by atoms with Gasteiger partial charge in [0, 0.05) is 44.0 Å². The molecular weight excluding hydrogens is 384 g/mol. The molecule has 2 heterocycles. The molecule has 1 amide bonds. The fourth-order valence-corrected chi connectivity index (χ4v) is 4.17.